The van der Waals surface area contributed by atoms with Gasteiger partial charge in [-0.05, 0) is 44.1 Å². The van der Waals surface area contributed by atoms with E-state index >= 15 is 0 Å². The molecule has 0 aliphatic heterocycles. The molecule has 0 radical (unpaired) electrons. The zero-order valence-corrected chi connectivity index (χ0v) is 14.1. The highest BCUT2D eigenvalue weighted by molar-refractivity contribution is 6.30. The Morgan fingerprint density at radius 1 is 1.35 bits per heavy atom. The van der Waals surface area contributed by atoms with Gasteiger partial charge in [0.15, 0.2) is 0 Å². The summed E-state index contributed by atoms with van der Waals surface area (Å²) in [5.74, 6) is 0.706. The smallest absolute Gasteiger partial charge is 0.130 e. The third-order valence-corrected chi connectivity index (χ3v) is 5.01. The van der Waals surface area contributed by atoms with Gasteiger partial charge in [-0.15, -0.1) is 0 Å². The molecule has 0 spiro atoms. The average molecular weight is 298 g/mol. The Kier molecular flexibility index (Phi) is 5.14. The van der Waals surface area contributed by atoms with Crippen LogP contribution in [0, 0.1) is 18.3 Å². The fourth-order valence-electron chi connectivity index (χ4n) is 3.42. The second-order valence-corrected chi connectivity index (χ2v) is 7.25. The highest BCUT2D eigenvalue weighted by Gasteiger charge is 2.35. The molecule has 1 aromatic heterocycles. The minimum absolute atomic E-state index is 0.381. The summed E-state index contributed by atoms with van der Waals surface area (Å²) in [6.07, 6.45) is 6.38. The number of hydrogen-bond acceptors (Lipinski definition) is 2. The molecule has 1 heterocycles. The molecule has 1 saturated carbocycles. The molecule has 0 aromatic carbocycles. The monoisotopic (exact) mass is 297 g/mol. The first-order valence-corrected chi connectivity index (χ1v) is 8.20. The Morgan fingerprint density at radius 2 is 2.00 bits per heavy atom. The molecule has 0 saturated heterocycles. The highest BCUT2D eigenvalue weighted by Crippen LogP contribution is 2.42. The lowest BCUT2D eigenvalue weighted by Gasteiger charge is -2.30. The molecule has 3 nitrogen and oxygen atoms in total. The van der Waals surface area contributed by atoms with Gasteiger partial charge in [-0.3, -0.25) is 4.68 Å². The van der Waals surface area contributed by atoms with Gasteiger partial charge >= 0.3 is 0 Å². The maximum atomic E-state index is 6.42. The summed E-state index contributed by atoms with van der Waals surface area (Å²) < 4.78 is 1.80. The van der Waals surface area contributed by atoms with Crippen LogP contribution in [0.1, 0.15) is 50.8 Å². The minimum atomic E-state index is 0.381. The van der Waals surface area contributed by atoms with Gasteiger partial charge in [0.1, 0.15) is 5.15 Å². The van der Waals surface area contributed by atoms with Crippen molar-refractivity contribution in [3.63, 3.8) is 0 Å². The van der Waals surface area contributed by atoms with E-state index in [1.807, 2.05) is 7.05 Å². The molecule has 1 aliphatic carbocycles. The lowest BCUT2D eigenvalue weighted by atomic mass is 9.80. The van der Waals surface area contributed by atoms with Crippen molar-refractivity contribution in [2.75, 3.05) is 13.1 Å². The molecule has 1 aromatic rings. The summed E-state index contributed by atoms with van der Waals surface area (Å²) >= 11 is 6.42. The molecule has 1 aliphatic rings. The molecule has 1 fully saturated rings. The molecule has 0 bridgehead atoms. The molecular weight excluding hydrogens is 270 g/mol. The molecule has 114 valence electrons. The van der Waals surface area contributed by atoms with Crippen LogP contribution in [0.2, 0.25) is 5.15 Å². The summed E-state index contributed by atoms with van der Waals surface area (Å²) in [7, 11) is 1.93. The van der Waals surface area contributed by atoms with Crippen LogP contribution in [0.3, 0.4) is 0 Å². The number of halogens is 1. The third kappa shape index (κ3) is 3.56. The summed E-state index contributed by atoms with van der Waals surface area (Å²) in [6.45, 7) is 8.80. The Hall–Kier alpha value is -0.540. The quantitative estimate of drug-likeness (QED) is 0.867. The van der Waals surface area contributed by atoms with Gasteiger partial charge in [0.05, 0.1) is 5.69 Å². The van der Waals surface area contributed by atoms with Gasteiger partial charge < -0.3 is 5.32 Å². The van der Waals surface area contributed by atoms with Crippen molar-refractivity contribution in [2.45, 2.75) is 52.9 Å². The predicted molar refractivity (Wildman–Crippen MR) is 85.3 cm³/mol. The fraction of sp³-hybridized carbons (Fsp3) is 0.812. The number of aromatic nitrogens is 2. The first-order valence-electron chi connectivity index (χ1n) is 7.82. The number of aryl methyl sites for hydroxylation is 2. The lowest BCUT2D eigenvalue weighted by Crippen LogP contribution is -2.35. The van der Waals surface area contributed by atoms with Gasteiger partial charge in [0.25, 0.3) is 0 Å². The average Bonchev–Trinajstić information content (AvgIpc) is 2.91. The van der Waals surface area contributed by atoms with E-state index in [2.05, 4.69) is 31.2 Å². The van der Waals surface area contributed by atoms with Crippen LogP contribution in [0.4, 0.5) is 0 Å². The van der Waals surface area contributed by atoms with E-state index in [9.17, 15) is 0 Å². The molecule has 4 heteroatoms. The van der Waals surface area contributed by atoms with Crippen LogP contribution in [0.25, 0.3) is 0 Å². The van der Waals surface area contributed by atoms with Gasteiger partial charge in [0, 0.05) is 19.2 Å². The SMILES string of the molecule is Cc1nn(C)c(Cl)c1CC1(CNCC(C)C)CCCC1. The van der Waals surface area contributed by atoms with Crippen molar-refractivity contribution >= 4 is 11.6 Å². The Balaban J connectivity index is 2.08. The van der Waals surface area contributed by atoms with Gasteiger partial charge in [-0.1, -0.05) is 38.3 Å². The van der Waals surface area contributed by atoms with Gasteiger partial charge in [-0.2, -0.15) is 5.10 Å². The molecule has 0 amide bonds. The molecule has 0 atom stereocenters. The number of nitrogens with zero attached hydrogens (tertiary/aromatic N) is 2. The van der Waals surface area contributed by atoms with Crippen molar-refractivity contribution in [1.29, 1.82) is 0 Å². The van der Waals surface area contributed by atoms with Crippen molar-refractivity contribution < 1.29 is 0 Å². The first-order chi connectivity index (χ1) is 9.43. The second kappa shape index (κ2) is 6.48. The number of hydrogen-bond donors (Lipinski definition) is 1. The summed E-state index contributed by atoms with van der Waals surface area (Å²) in [6, 6.07) is 0. The number of rotatable bonds is 6. The molecule has 20 heavy (non-hydrogen) atoms. The predicted octanol–water partition coefficient (Wildman–Crippen LogP) is 3.73. The van der Waals surface area contributed by atoms with Crippen molar-refractivity contribution in [3.05, 3.63) is 16.4 Å². The van der Waals surface area contributed by atoms with Gasteiger partial charge in [0.2, 0.25) is 0 Å². The third-order valence-electron chi connectivity index (χ3n) is 4.54. The van der Waals surface area contributed by atoms with Crippen LogP contribution >= 0.6 is 11.6 Å². The largest absolute Gasteiger partial charge is 0.316 e. The Morgan fingerprint density at radius 3 is 2.50 bits per heavy atom. The molecule has 0 unspecified atom stereocenters. The highest BCUT2D eigenvalue weighted by atomic mass is 35.5. The standard InChI is InChI=1S/C16H28ClN3/c1-12(2)10-18-11-16(7-5-6-8-16)9-14-13(3)19-20(4)15(14)17/h12,18H,5-11H2,1-4H3. The lowest BCUT2D eigenvalue weighted by molar-refractivity contribution is 0.272. The zero-order chi connectivity index (χ0) is 14.8. The summed E-state index contributed by atoms with van der Waals surface area (Å²) in [5, 5.41) is 8.94. The van der Waals surface area contributed by atoms with Crippen LogP contribution in [0.15, 0.2) is 0 Å². The van der Waals surface area contributed by atoms with E-state index in [0.717, 1.165) is 30.4 Å². The maximum absolute atomic E-state index is 6.42. The van der Waals surface area contributed by atoms with Crippen LogP contribution in [-0.2, 0) is 13.5 Å². The Bertz CT molecular complexity index is 445. The van der Waals surface area contributed by atoms with Gasteiger partial charge in [-0.25, -0.2) is 0 Å². The molecular formula is C16H28ClN3. The maximum Gasteiger partial charge on any atom is 0.130 e. The minimum Gasteiger partial charge on any atom is -0.316 e. The van der Waals surface area contributed by atoms with E-state index in [4.69, 9.17) is 11.6 Å². The molecule has 2 rings (SSSR count). The van der Waals surface area contributed by atoms with E-state index in [1.165, 1.54) is 31.2 Å². The van der Waals surface area contributed by atoms with Crippen LogP contribution in [-0.4, -0.2) is 22.9 Å². The summed E-state index contributed by atoms with van der Waals surface area (Å²) in [5.41, 5.74) is 2.72. The van der Waals surface area contributed by atoms with Crippen LogP contribution in [0.5, 0.6) is 0 Å². The summed E-state index contributed by atoms with van der Waals surface area (Å²) in [4.78, 5) is 0. The van der Waals surface area contributed by atoms with E-state index in [-0.39, 0.29) is 0 Å². The Labute approximate surface area is 128 Å². The zero-order valence-electron chi connectivity index (χ0n) is 13.3. The van der Waals surface area contributed by atoms with Crippen molar-refractivity contribution in [3.8, 4) is 0 Å². The fourth-order valence-corrected chi connectivity index (χ4v) is 3.66. The van der Waals surface area contributed by atoms with Crippen molar-refractivity contribution in [2.24, 2.45) is 18.4 Å². The number of nitrogens with one attached hydrogen (secondary N) is 1. The topological polar surface area (TPSA) is 29.9 Å². The molecule has 1 N–H and O–H groups in total. The van der Waals surface area contributed by atoms with E-state index in [0.29, 0.717) is 11.3 Å². The first kappa shape index (κ1) is 15.8. The van der Waals surface area contributed by atoms with Crippen LogP contribution < -0.4 is 5.32 Å². The van der Waals surface area contributed by atoms with Crippen molar-refractivity contribution in [1.82, 2.24) is 15.1 Å². The normalized spacial score (nSPS) is 18.1. The van der Waals surface area contributed by atoms with E-state index in [1.54, 1.807) is 4.68 Å². The van der Waals surface area contributed by atoms with E-state index < -0.39 is 0 Å². The second-order valence-electron chi connectivity index (χ2n) is 6.89.